The molecule has 1 aliphatic heterocycles. The second-order valence-corrected chi connectivity index (χ2v) is 8.67. The molecule has 0 fully saturated rings. The summed E-state index contributed by atoms with van der Waals surface area (Å²) in [6, 6.07) is 11.3. The zero-order valence-electron chi connectivity index (χ0n) is 18.6. The highest BCUT2D eigenvalue weighted by Crippen LogP contribution is 2.29. The molecule has 172 valence electrons. The summed E-state index contributed by atoms with van der Waals surface area (Å²) in [4.78, 5) is 23.5. The van der Waals surface area contributed by atoms with Crippen LogP contribution in [0.3, 0.4) is 0 Å². The summed E-state index contributed by atoms with van der Waals surface area (Å²) < 4.78 is 0. The molecule has 0 unspecified atom stereocenters. The van der Waals surface area contributed by atoms with Gasteiger partial charge in [0.05, 0.1) is 17.4 Å². The number of likely N-dealkylation sites (N-methyl/N-ethyl adjacent to an activating group) is 1. The molecule has 0 bridgehead atoms. The number of nitrogens with zero attached hydrogens (tertiary/aromatic N) is 3. The van der Waals surface area contributed by atoms with Gasteiger partial charge >= 0.3 is 0 Å². The maximum absolute atomic E-state index is 12.2. The van der Waals surface area contributed by atoms with Crippen molar-refractivity contribution in [2.24, 2.45) is 0 Å². The standard InChI is InChI=1S/C24H26Cl2N6O/c1-3-32-10-8-15-4-6-18(12-16(15)9-11-32)29-24-28-14-20(26)22(31-24)30-21-13-17(25)5-7-19(21)23(33)27-2/h4-7,12-14H,3,8-11H2,1-2H3,(H,27,33)(H2,28,29,30,31). The number of rotatable bonds is 6. The number of carbonyl (C=O) groups excluding carboxylic acids is 1. The summed E-state index contributed by atoms with van der Waals surface area (Å²) in [5.41, 5.74) is 4.58. The van der Waals surface area contributed by atoms with Gasteiger partial charge in [0.25, 0.3) is 5.91 Å². The Hall–Kier alpha value is -2.87. The lowest BCUT2D eigenvalue weighted by atomic mass is 10.0. The minimum atomic E-state index is -0.246. The van der Waals surface area contributed by atoms with Gasteiger partial charge in [0.2, 0.25) is 5.95 Å². The lowest BCUT2D eigenvalue weighted by molar-refractivity contribution is 0.0964. The van der Waals surface area contributed by atoms with Crippen LogP contribution in [0.2, 0.25) is 10.0 Å². The predicted molar refractivity (Wildman–Crippen MR) is 134 cm³/mol. The highest BCUT2D eigenvalue weighted by Gasteiger charge is 2.15. The molecule has 33 heavy (non-hydrogen) atoms. The molecule has 0 saturated heterocycles. The van der Waals surface area contributed by atoms with Crippen molar-refractivity contribution in [1.82, 2.24) is 20.2 Å². The van der Waals surface area contributed by atoms with Crippen molar-refractivity contribution >= 4 is 52.3 Å². The average Bonchev–Trinajstić information content (AvgIpc) is 3.03. The lowest BCUT2D eigenvalue weighted by Gasteiger charge is -2.16. The maximum atomic E-state index is 12.2. The van der Waals surface area contributed by atoms with Crippen molar-refractivity contribution in [2.45, 2.75) is 19.8 Å². The van der Waals surface area contributed by atoms with Gasteiger partial charge in [-0.25, -0.2) is 4.98 Å². The molecule has 7 nitrogen and oxygen atoms in total. The number of amides is 1. The summed E-state index contributed by atoms with van der Waals surface area (Å²) in [6.45, 7) is 5.42. The molecule has 2 heterocycles. The summed E-state index contributed by atoms with van der Waals surface area (Å²) in [5.74, 6) is 0.522. The van der Waals surface area contributed by atoms with Crippen LogP contribution in [-0.4, -0.2) is 47.5 Å². The molecule has 1 aromatic heterocycles. The van der Waals surface area contributed by atoms with E-state index in [0.717, 1.165) is 38.2 Å². The van der Waals surface area contributed by atoms with Crippen molar-refractivity contribution in [3.05, 3.63) is 69.3 Å². The number of halogens is 2. The van der Waals surface area contributed by atoms with Crippen LogP contribution in [0.4, 0.5) is 23.1 Å². The van der Waals surface area contributed by atoms with E-state index in [1.54, 1.807) is 25.2 Å². The van der Waals surface area contributed by atoms with E-state index in [1.165, 1.54) is 17.3 Å². The van der Waals surface area contributed by atoms with E-state index in [-0.39, 0.29) is 5.91 Å². The van der Waals surface area contributed by atoms with E-state index < -0.39 is 0 Å². The zero-order valence-corrected chi connectivity index (χ0v) is 20.1. The molecule has 1 amide bonds. The zero-order chi connectivity index (χ0) is 23.4. The summed E-state index contributed by atoms with van der Waals surface area (Å²) in [5, 5.41) is 9.82. The molecular weight excluding hydrogens is 459 g/mol. The van der Waals surface area contributed by atoms with Gasteiger partial charge in [0.15, 0.2) is 5.82 Å². The van der Waals surface area contributed by atoms with Crippen LogP contribution in [0.1, 0.15) is 28.4 Å². The van der Waals surface area contributed by atoms with Gasteiger partial charge in [0.1, 0.15) is 5.02 Å². The Bertz CT molecular complexity index is 1170. The molecule has 0 radical (unpaired) electrons. The third kappa shape index (κ3) is 5.55. The van der Waals surface area contributed by atoms with Crippen molar-refractivity contribution in [2.75, 3.05) is 37.3 Å². The Morgan fingerprint density at radius 1 is 1.06 bits per heavy atom. The van der Waals surface area contributed by atoms with Gasteiger partial charge in [-0.05, 0) is 60.8 Å². The van der Waals surface area contributed by atoms with Crippen molar-refractivity contribution in [3.8, 4) is 0 Å². The minimum absolute atomic E-state index is 0.246. The van der Waals surface area contributed by atoms with E-state index >= 15 is 0 Å². The smallest absolute Gasteiger partial charge is 0.253 e. The third-order valence-electron chi connectivity index (χ3n) is 5.75. The van der Waals surface area contributed by atoms with Crippen LogP contribution < -0.4 is 16.0 Å². The molecule has 3 N–H and O–H groups in total. The fourth-order valence-electron chi connectivity index (χ4n) is 3.89. The average molecular weight is 485 g/mol. The highest BCUT2D eigenvalue weighted by atomic mass is 35.5. The molecular formula is C24H26Cl2N6O. The molecule has 0 saturated carbocycles. The monoisotopic (exact) mass is 484 g/mol. The van der Waals surface area contributed by atoms with E-state index in [9.17, 15) is 4.79 Å². The molecule has 2 aromatic carbocycles. The molecule has 0 spiro atoms. The lowest BCUT2D eigenvalue weighted by Crippen LogP contribution is -2.25. The SMILES string of the molecule is CCN1CCc2ccc(Nc3ncc(Cl)c(Nc4cc(Cl)ccc4C(=O)NC)n3)cc2CC1. The number of nitrogens with one attached hydrogen (secondary N) is 3. The molecule has 4 rings (SSSR count). The normalized spacial score (nSPS) is 13.7. The number of aromatic nitrogens is 2. The largest absolute Gasteiger partial charge is 0.355 e. The first kappa shape index (κ1) is 23.3. The molecule has 0 aliphatic carbocycles. The first-order valence-electron chi connectivity index (χ1n) is 10.9. The van der Waals surface area contributed by atoms with E-state index in [0.29, 0.717) is 33.1 Å². The van der Waals surface area contributed by atoms with Crippen LogP contribution in [-0.2, 0) is 12.8 Å². The van der Waals surface area contributed by atoms with E-state index in [4.69, 9.17) is 23.2 Å². The third-order valence-corrected chi connectivity index (χ3v) is 6.27. The Morgan fingerprint density at radius 3 is 2.61 bits per heavy atom. The number of fused-ring (bicyclic) bond motifs is 1. The van der Waals surface area contributed by atoms with Crippen LogP contribution in [0.5, 0.6) is 0 Å². The number of hydrogen-bond donors (Lipinski definition) is 3. The quantitative estimate of drug-likeness (QED) is 0.453. The van der Waals surface area contributed by atoms with Gasteiger partial charge in [-0.3, -0.25) is 4.79 Å². The second kappa shape index (κ2) is 10.4. The van der Waals surface area contributed by atoms with Crippen molar-refractivity contribution in [3.63, 3.8) is 0 Å². The molecule has 9 heteroatoms. The number of hydrogen-bond acceptors (Lipinski definition) is 6. The van der Waals surface area contributed by atoms with E-state index in [2.05, 4.69) is 49.9 Å². The topological polar surface area (TPSA) is 82.2 Å². The van der Waals surface area contributed by atoms with Crippen LogP contribution in [0.25, 0.3) is 0 Å². The number of anilines is 4. The maximum Gasteiger partial charge on any atom is 0.253 e. The fourth-order valence-corrected chi connectivity index (χ4v) is 4.20. The minimum Gasteiger partial charge on any atom is -0.355 e. The summed E-state index contributed by atoms with van der Waals surface area (Å²) in [6.07, 6.45) is 3.60. The highest BCUT2D eigenvalue weighted by molar-refractivity contribution is 6.33. The van der Waals surface area contributed by atoms with Gasteiger partial charge in [-0.2, -0.15) is 4.98 Å². The molecule has 1 aliphatic rings. The fraction of sp³-hybridized carbons (Fsp3) is 0.292. The number of benzene rings is 2. The Morgan fingerprint density at radius 2 is 1.85 bits per heavy atom. The van der Waals surface area contributed by atoms with E-state index in [1.807, 2.05) is 6.07 Å². The summed E-state index contributed by atoms with van der Waals surface area (Å²) in [7, 11) is 1.57. The van der Waals surface area contributed by atoms with Gasteiger partial charge < -0.3 is 20.9 Å². The first-order valence-corrected chi connectivity index (χ1v) is 11.6. The predicted octanol–water partition coefficient (Wildman–Crippen LogP) is 5.05. The van der Waals surface area contributed by atoms with Gasteiger partial charge in [-0.1, -0.05) is 36.2 Å². The summed E-state index contributed by atoms with van der Waals surface area (Å²) >= 11 is 12.5. The second-order valence-electron chi connectivity index (χ2n) is 7.83. The molecule has 3 aromatic rings. The van der Waals surface area contributed by atoms with Crippen LogP contribution in [0, 0.1) is 0 Å². The Kier molecular flexibility index (Phi) is 7.33. The molecule has 0 atom stereocenters. The van der Waals surface area contributed by atoms with Crippen molar-refractivity contribution < 1.29 is 4.79 Å². The Labute approximate surface area is 203 Å². The van der Waals surface area contributed by atoms with Crippen molar-refractivity contribution in [1.29, 1.82) is 0 Å². The van der Waals surface area contributed by atoms with Gasteiger partial charge in [-0.15, -0.1) is 0 Å². The number of carbonyl (C=O) groups is 1. The van der Waals surface area contributed by atoms with Crippen LogP contribution in [0.15, 0.2) is 42.6 Å². The van der Waals surface area contributed by atoms with Crippen LogP contribution >= 0.6 is 23.2 Å². The Balaban J connectivity index is 1.56. The first-order chi connectivity index (χ1) is 16.0. The van der Waals surface area contributed by atoms with Gasteiger partial charge in [0, 0.05) is 30.8 Å².